The summed E-state index contributed by atoms with van der Waals surface area (Å²) in [6.45, 7) is 3.81. The van der Waals surface area contributed by atoms with E-state index in [1.165, 1.54) is 12.0 Å². The third-order valence-corrected chi connectivity index (χ3v) is 9.46. The summed E-state index contributed by atoms with van der Waals surface area (Å²) in [5.74, 6) is 0.613. The maximum Gasteiger partial charge on any atom is 0.263 e. The summed E-state index contributed by atoms with van der Waals surface area (Å²) in [5, 5.41) is 0. The molecule has 5 aliphatic rings. The molecule has 2 aromatic carbocycles. The molecule has 1 heterocycles. The smallest absolute Gasteiger partial charge is 0.263 e. The molecule has 7 rings (SSSR count). The second kappa shape index (κ2) is 8.05. The summed E-state index contributed by atoms with van der Waals surface area (Å²) in [6, 6.07) is 10.8. The molecule has 0 radical (unpaired) electrons. The highest BCUT2D eigenvalue weighted by molar-refractivity contribution is 9.10. The molecule has 3 amide bonds. The van der Waals surface area contributed by atoms with Crippen molar-refractivity contribution in [3.05, 3.63) is 69.7 Å². The van der Waals surface area contributed by atoms with Crippen LogP contribution < -0.4 is 9.64 Å². The SMILES string of the molecule is COc1ccccc1C(=O)N(CN1C(=O)C2C3C=CC(C4CC34)C2C1=O)c1ccc(Br)c(C)c1C. The molecule has 2 bridgehead atoms. The number of ether oxygens (including phenoxy) is 1. The highest BCUT2D eigenvalue weighted by Gasteiger charge is 2.67. The fraction of sp³-hybridized carbons (Fsp3) is 0.393. The van der Waals surface area contributed by atoms with Crippen LogP contribution in [0.5, 0.6) is 5.75 Å². The third kappa shape index (κ3) is 3.24. The Balaban J connectivity index is 1.40. The van der Waals surface area contributed by atoms with Crippen LogP contribution in [0, 0.1) is 49.4 Å². The average Bonchev–Trinajstić information content (AvgIpc) is 3.66. The van der Waals surface area contributed by atoms with E-state index in [4.69, 9.17) is 4.74 Å². The van der Waals surface area contributed by atoms with E-state index < -0.39 is 0 Å². The predicted molar refractivity (Wildman–Crippen MR) is 135 cm³/mol. The largest absolute Gasteiger partial charge is 0.496 e. The van der Waals surface area contributed by atoms with Crippen molar-refractivity contribution in [2.75, 3.05) is 18.7 Å². The van der Waals surface area contributed by atoms with Crippen LogP contribution in [0.3, 0.4) is 0 Å². The van der Waals surface area contributed by atoms with Gasteiger partial charge in [0.05, 0.1) is 24.5 Å². The Bertz CT molecular complexity index is 1270. The van der Waals surface area contributed by atoms with Crippen molar-refractivity contribution in [1.82, 2.24) is 4.90 Å². The number of para-hydroxylation sites is 1. The van der Waals surface area contributed by atoms with E-state index in [9.17, 15) is 14.4 Å². The molecule has 6 nitrogen and oxygen atoms in total. The molecule has 3 fully saturated rings. The summed E-state index contributed by atoms with van der Waals surface area (Å²) in [6.07, 6.45) is 5.44. The van der Waals surface area contributed by atoms with Crippen LogP contribution in [0.4, 0.5) is 5.69 Å². The van der Waals surface area contributed by atoms with E-state index >= 15 is 0 Å². The normalized spacial score (nSPS) is 29.8. The van der Waals surface area contributed by atoms with Gasteiger partial charge in [0.25, 0.3) is 5.91 Å². The van der Waals surface area contributed by atoms with Crippen LogP contribution >= 0.6 is 15.9 Å². The van der Waals surface area contributed by atoms with Crippen LogP contribution in [0.1, 0.15) is 27.9 Å². The number of carbonyl (C=O) groups excluding carboxylic acids is 3. The number of anilines is 1. The van der Waals surface area contributed by atoms with Crippen LogP contribution in [0.25, 0.3) is 0 Å². The van der Waals surface area contributed by atoms with Crippen molar-refractivity contribution in [3.63, 3.8) is 0 Å². The van der Waals surface area contributed by atoms with Crippen molar-refractivity contribution < 1.29 is 19.1 Å². The number of likely N-dealkylation sites (tertiary alicyclic amines) is 1. The molecule has 6 atom stereocenters. The van der Waals surface area contributed by atoms with Gasteiger partial charge in [-0.2, -0.15) is 0 Å². The van der Waals surface area contributed by atoms with E-state index in [-0.39, 0.29) is 48.1 Å². The molecular formula is C28H27BrN2O4. The Labute approximate surface area is 213 Å². The fourth-order valence-electron chi connectivity index (χ4n) is 6.58. The zero-order valence-corrected chi connectivity index (χ0v) is 21.5. The number of carbonyl (C=O) groups is 3. The molecule has 4 aliphatic carbocycles. The Kier molecular flexibility index (Phi) is 5.18. The molecule has 180 valence electrons. The summed E-state index contributed by atoms with van der Waals surface area (Å²) < 4.78 is 6.39. The molecule has 2 saturated carbocycles. The lowest BCUT2D eigenvalue weighted by Gasteiger charge is -2.37. The maximum absolute atomic E-state index is 14.0. The zero-order chi connectivity index (χ0) is 24.6. The monoisotopic (exact) mass is 534 g/mol. The minimum atomic E-state index is -0.313. The molecule has 1 aliphatic heterocycles. The molecule has 1 saturated heterocycles. The van der Waals surface area contributed by atoms with Crippen molar-refractivity contribution >= 4 is 39.3 Å². The van der Waals surface area contributed by atoms with Crippen molar-refractivity contribution in [2.24, 2.45) is 35.5 Å². The summed E-state index contributed by atoms with van der Waals surface area (Å²) in [7, 11) is 1.53. The van der Waals surface area contributed by atoms with Gasteiger partial charge < -0.3 is 4.74 Å². The van der Waals surface area contributed by atoms with E-state index in [2.05, 4.69) is 28.1 Å². The number of rotatable bonds is 5. The topological polar surface area (TPSA) is 66.9 Å². The number of imide groups is 1. The quantitative estimate of drug-likeness (QED) is 0.410. The van der Waals surface area contributed by atoms with Gasteiger partial charge in [0.2, 0.25) is 11.8 Å². The van der Waals surface area contributed by atoms with E-state index in [0.29, 0.717) is 28.8 Å². The molecular weight excluding hydrogens is 508 g/mol. The van der Waals surface area contributed by atoms with Gasteiger partial charge in [-0.3, -0.25) is 24.2 Å². The fourth-order valence-corrected chi connectivity index (χ4v) is 7.01. The first kappa shape index (κ1) is 22.5. The standard InChI is InChI=1S/C28H27BrN2O4/c1-14-15(2)22(11-10-21(14)29)30(26(32)18-6-4-5-7-23(18)35-3)13-31-27(33)24-16-8-9-17(20-12-19(16)20)25(24)28(31)34/h4-11,16-17,19-20,24-25H,12-13H2,1-3H3. The predicted octanol–water partition coefficient (Wildman–Crippen LogP) is 4.73. The number of amides is 3. The van der Waals surface area contributed by atoms with Gasteiger partial charge in [-0.25, -0.2) is 0 Å². The number of hydrogen-bond donors (Lipinski definition) is 0. The van der Waals surface area contributed by atoms with Gasteiger partial charge in [0, 0.05) is 10.2 Å². The Morgan fingerprint density at radius 1 is 1.00 bits per heavy atom. The van der Waals surface area contributed by atoms with E-state index in [1.54, 1.807) is 29.2 Å². The molecule has 0 aromatic heterocycles. The lowest BCUT2D eigenvalue weighted by atomic mass is 9.63. The first-order valence-corrected chi connectivity index (χ1v) is 12.9. The first-order valence-electron chi connectivity index (χ1n) is 12.1. The van der Waals surface area contributed by atoms with E-state index in [1.807, 2.05) is 26.0 Å². The summed E-state index contributed by atoms with van der Waals surface area (Å²) in [5.41, 5.74) is 2.95. The van der Waals surface area contributed by atoms with Gasteiger partial charge in [0.1, 0.15) is 12.4 Å². The first-order chi connectivity index (χ1) is 16.8. The van der Waals surface area contributed by atoms with Crippen LogP contribution in [-0.4, -0.2) is 36.4 Å². The molecule has 0 N–H and O–H groups in total. The van der Waals surface area contributed by atoms with Crippen LogP contribution in [0.15, 0.2) is 53.0 Å². The molecule has 7 heteroatoms. The molecule has 35 heavy (non-hydrogen) atoms. The van der Waals surface area contributed by atoms with Crippen molar-refractivity contribution in [2.45, 2.75) is 20.3 Å². The van der Waals surface area contributed by atoms with Gasteiger partial charge in [-0.15, -0.1) is 0 Å². The third-order valence-electron chi connectivity index (χ3n) is 8.60. The highest BCUT2D eigenvalue weighted by atomic mass is 79.9. The number of allylic oxidation sites excluding steroid dienone is 2. The van der Waals surface area contributed by atoms with Crippen LogP contribution in [-0.2, 0) is 9.59 Å². The lowest BCUT2D eigenvalue weighted by molar-refractivity contribution is -0.140. The van der Waals surface area contributed by atoms with Crippen molar-refractivity contribution in [3.8, 4) is 5.75 Å². The number of benzene rings is 2. The molecule has 2 aromatic rings. The average molecular weight is 535 g/mol. The maximum atomic E-state index is 14.0. The minimum Gasteiger partial charge on any atom is -0.496 e. The van der Waals surface area contributed by atoms with Gasteiger partial charge in [-0.1, -0.05) is 40.2 Å². The number of methoxy groups -OCH3 is 1. The number of hydrogen-bond acceptors (Lipinski definition) is 4. The zero-order valence-electron chi connectivity index (χ0n) is 19.9. The minimum absolute atomic E-state index is 0.113. The second-order valence-corrected chi connectivity index (χ2v) is 11.0. The van der Waals surface area contributed by atoms with Crippen molar-refractivity contribution in [1.29, 1.82) is 0 Å². The highest BCUT2D eigenvalue weighted by Crippen LogP contribution is 2.65. The Hall–Kier alpha value is -2.93. The Morgan fingerprint density at radius 2 is 1.63 bits per heavy atom. The molecule has 0 spiro atoms. The van der Waals surface area contributed by atoms with E-state index in [0.717, 1.165) is 22.0 Å². The number of halogens is 1. The van der Waals surface area contributed by atoms with Gasteiger partial charge >= 0.3 is 0 Å². The van der Waals surface area contributed by atoms with Gasteiger partial charge in [-0.05, 0) is 79.3 Å². The second-order valence-electron chi connectivity index (χ2n) is 10.2. The van der Waals surface area contributed by atoms with Gasteiger partial charge in [0.15, 0.2) is 0 Å². The lowest BCUT2D eigenvalue weighted by Crippen LogP contribution is -2.45. The molecule has 6 unspecified atom stereocenters. The van der Waals surface area contributed by atoms with Crippen LogP contribution in [0.2, 0.25) is 0 Å². The Morgan fingerprint density at radius 3 is 2.26 bits per heavy atom. The summed E-state index contributed by atoms with van der Waals surface area (Å²) in [4.78, 5) is 44.2. The summed E-state index contributed by atoms with van der Waals surface area (Å²) >= 11 is 3.56. The number of nitrogens with zero attached hydrogens (tertiary/aromatic N) is 2.